The van der Waals surface area contributed by atoms with E-state index in [2.05, 4.69) is 21.5 Å². The molecule has 0 saturated carbocycles. The minimum atomic E-state index is -0.305. The third-order valence-electron chi connectivity index (χ3n) is 5.64. The van der Waals surface area contributed by atoms with E-state index in [1.807, 2.05) is 36.4 Å². The molecule has 0 aromatic heterocycles. The van der Waals surface area contributed by atoms with E-state index >= 15 is 0 Å². The van der Waals surface area contributed by atoms with Gasteiger partial charge in [0, 0.05) is 51.0 Å². The molecule has 4 bridgehead atoms. The summed E-state index contributed by atoms with van der Waals surface area (Å²) in [6.45, 7) is 4.66. The van der Waals surface area contributed by atoms with Crippen LogP contribution in [0.5, 0.6) is 0 Å². The van der Waals surface area contributed by atoms with Gasteiger partial charge in [-0.1, -0.05) is 12.0 Å². The molecule has 0 radical (unpaired) electrons. The molecule has 0 aliphatic carbocycles. The van der Waals surface area contributed by atoms with E-state index in [1.165, 1.54) is 6.07 Å². The van der Waals surface area contributed by atoms with Crippen molar-refractivity contribution >= 4 is 11.4 Å². The number of piperazine rings is 1. The minimum Gasteiger partial charge on any atom is -0.336 e. The number of terminal acetylenes is 1. The number of hydrogen-bond acceptors (Lipinski definition) is 5. The second-order valence-electron chi connectivity index (χ2n) is 7.43. The Hall–Kier alpha value is -2.62. The molecule has 28 heavy (non-hydrogen) atoms. The number of nitrogens with one attached hydrogen (secondary N) is 2. The van der Waals surface area contributed by atoms with E-state index < -0.39 is 0 Å². The minimum absolute atomic E-state index is 0.305. The average molecular weight is 379 g/mol. The number of halogens is 1. The van der Waals surface area contributed by atoms with Gasteiger partial charge in [-0.15, -0.1) is 6.42 Å². The summed E-state index contributed by atoms with van der Waals surface area (Å²) in [6, 6.07) is 5.76. The maximum absolute atomic E-state index is 14.7. The fourth-order valence-electron chi connectivity index (χ4n) is 4.05. The molecular weight excluding hydrogens is 353 g/mol. The molecule has 1 fully saturated rings. The Labute approximate surface area is 166 Å². The highest BCUT2D eigenvalue weighted by atomic mass is 19.1. The average Bonchev–Trinajstić information content (AvgIpc) is 2.71. The van der Waals surface area contributed by atoms with E-state index in [0.29, 0.717) is 29.5 Å². The molecule has 1 unspecified atom stereocenters. The zero-order valence-corrected chi connectivity index (χ0v) is 16.2. The second kappa shape index (κ2) is 8.17. The maximum Gasteiger partial charge on any atom is 0.131 e. The Bertz CT molecular complexity index is 879. The van der Waals surface area contributed by atoms with Gasteiger partial charge < -0.3 is 15.5 Å². The van der Waals surface area contributed by atoms with Gasteiger partial charge in [0.2, 0.25) is 0 Å². The fraction of sp³-hybridized carbons (Fsp3) is 0.409. The van der Waals surface area contributed by atoms with Crippen molar-refractivity contribution in [2.45, 2.75) is 18.9 Å². The SMILES string of the molecule is C#C/C1=C2/NC(=NCCN3CCNCC3CCc3ccc(F)c1c3)C=CN2C. The Morgan fingerprint density at radius 2 is 2.21 bits per heavy atom. The molecular formula is C22H26FN5. The molecule has 146 valence electrons. The summed E-state index contributed by atoms with van der Waals surface area (Å²) in [5.41, 5.74) is 2.08. The van der Waals surface area contributed by atoms with Crippen LogP contribution in [0.1, 0.15) is 17.5 Å². The molecule has 0 amide bonds. The number of hydrogen-bond donors (Lipinski definition) is 2. The predicted molar refractivity (Wildman–Crippen MR) is 111 cm³/mol. The van der Waals surface area contributed by atoms with Crippen LogP contribution < -0.4 is 10.6 Å². The zero-order valence-electron chi connectivity index (χ0n) is 16.2. The molecule has 5 nitrogen and oxygen atoms in total. The van der Waals surface area contributed by atoms with Crippen LogP contribution in [0.2, 0.25) is 0 Å². The van der Waals surface area contributed by atoms with Gasteiger partial charge >= 0.3 is 0 Å². The molecule has 1 aromatic rings. The number of nitrogens with zero attached hydrogens (tertiary/aromatic N) is 3. The fourth-order valence-corrected chi connectivity index (χ4v) is 4.05. The van der Waals surface area contributed by atoms with Crippen LogP contribution in [0.3, 0.4) is 0 Å². The standard InChI is InChI=1S/C22H26FN5/c1-3-18-19-14-16(5-7-20(19)23)4-6-17-15-24-9-12-28(17)13-10-25-21-8-11-27(2)22(18)26-21/h1,5,7-8,11,14,17,24H,4,6,9-10,12-13,15H2,2H3,(H,25,26)/b22-18+. The van der Waals surface area contributed by atoms with Crippen LogP contribution >= 0.6 is 0 Å². The molecule has 3 heterocycles. The number of allylic oxidation sites excluding steroid dienone is 1. The first kappa shape index (κ1) is 18.7. The molecule has 3 aliphatic rings. The quantitative estimate of drug-likeness (QED) is 0.675. The molecule has 4 rings (SSSR count). The van der Waals surface area contributed by atoms with Gasteiger partial charge in [-0.25, -0.2) is 4.39 Å². The summed E-state index contributed by atoms with van der Waals surface area (Å²) in [5.74, 6) is 3.82. The van der Waals surface area contributed by atoms with Crippen molar-refractivity contribution < 1.29 is 4.39 Å². The molecule has 6 heteroatoms. The number of rotatable bonds is 0. The summed E-state index contributed by atoms with van der Waals surface area (Å²) in [7, 11) is 1.89. The van der Waals surface area contributed by atoms with Gasteiger partial charge in [0.25, 0.3) is 0 Å². The lowest BCUT2D eigenvalue weighted by molar-refractivity contribution is 0.158. The van der Waals surface area contributed by atoms with E-state index in [-0.39, 0.29) is 5.82 Å². The molecule has 1 saturated heterocycles. The number of benzene rings is 1. The second-order valence-corrected chi connectivity index (χ2v) is 7.43. The molecule has 1 aromatic carbocycles. The van der Waals surface area contributed by atoms with Crippen molar-refractivity contribution in [1.29, 1.82) is 0 Å². The Morgan fingerprint density at radius 1 is 1.32 bits per heavy atom. The zero-order chi connectivity index (χ0) is 19.5. The summed E-state index contributed by atoms with van der Waals surface area (Å²) < 4.78 is 14.7. The van der Waals surface area contributed by atoms with Gasteiger partial charge in [0.15, 0.2) is 0 Å². The molecule has 0 spiro atoms. The highest BCUT2D eigenvalue weighted by Gasteiger charge is 2.23. The monoisotopic (exact) mass is 379 g/mol. The third-order valence-corrected chi connectivity index (χ3v) is 5.64. The number of fused-ring (bicyclic) bond motifs is 5. The topological polar surface area (TPSA) is 42.9 Å². The summed E-state index contributed by atoms with van der Waals surface area (Å²) >= 11 is 0. The van der Waals surface area contributed by atoms with Crippen LogP contribution in [0.25, 0.3) is 5.57 Å². The first-order valence-corrected chi connectivity index (χ1v) is 9.82. The number of aryl methyl sites for hydroxylation is 1. The van der Waals surface area contributed by atoms with Gasteiger partial charge in [-0.2, -0.15) is 0 Å². The summed E-state index contributed by atoms with van der Waals surface area (Å²) in [6.07, 6.45) is 11.6. The van der Waals surface area contributed by atoms with Crippen LogP contribution in [0.15, 0.2) is 41.3 Å². The van der Waals surface area contributed by atoms with Crippen LogP contribution in [0, 0.1) is 18.2 Å². The van der Waals surface area contributed by atoms with Crippen molar-refractivity contribution in [2.75, 3.05) is 39.8 Å². The largest absolute Gasteiger partial charge is 0.336 e. The van der Waals surface area contributed by atoms with E-state index in [4.69, 9.17) is 11.4 Å². The van der Waals surface area contributed by atoms with Gasteiger partial charge in [-0.3, -0.25) is 9.89 Å². The highest BCUT2D eigenvalue weighted by Crippen LogP contribution is 2.25. The smallest absolute Gasteiger partial charge is 0.131 e. The number of amidine groups is 1. The summed E-state index contributed by atoms with van der Waals surface area (Å²) in [4.78, 5) is 9.10. The molecule has 2 N–H and O–H groups in total. The third kappa shape index (κ3) is 3.82. The lowest BCUT2D eigenvalue weighted by atomic mass is 9.97. The van der Waals surface area contributed by atoms with Crippen molar-refractivity contribution in [3.8, 4) is 12.3 Å². The lowest BCUT2D eigenvalue weighted by Crippen LogP contribution is -2.52. The first-order chi connectivity index (χ1) is 13.7. The Kier molecular flexibility index (Phi) is 5.47. The van der Waals surface area contributed by atoms with Gasteiger partial charge in [-0.05, 0) is 36.6 Å². The van der Waals surface area contributed by atoms with Crippen molar-refractivity contribution in [3.63, 3.8) is 0 Å². The Balaban J connectivity index is 1.78. The van der Waals surface area contributed by atoms with Crippen molar-refractivity contribution in [2.24, 2.45) is 4.99 Å². The van der Waals surface area contributed by atoms with Crippen LogP contribution in [0.4, 0.5) is 4.39 Å². The van der Waals surface area contributed by atoms with Gasteiger partial charge in [0.1, 0.15) is 17.5 Å². The van der Waals surface area contributed by atoms with Crippen LogP contribution in [-0.2, 0) is 6.42 Å². The Morgan fingerprint density at radius 3 is 3.07 bits per heavy atom. The van der Waals surface area contributed by atoms with Crippen molar-refractivity contribution in [1.82, 2.24) is 20.4 Å². The van der Waals surface area contributed by atoms with E-state index in [9.17, 15) is 4.39 Å². The van der Waals surface area contributed by atoms with Crippen LogP contribution in [-0.4, -0.2) is 61.4 Å². The molecule has 1 atom stereocenters. The van der Waals surface area contributed by atoms with Gasteiger partial charge in [0.05, 0.1) is 12.1 Å². The lowest BCUT2D eigenvalue weighted by Gasteiger charge is -2.36. The maximum atomic E-state index is 14.7. The highest BCUT2D eigenvalue weighted by molar-refractivity contribution is 5.97. The normalized spacial score (nSPS) is 25.8. The molecule has 3 aliphatic heterocycles. The number of aliphatic imine (C=N–C) groups is 1. The first-order valence-electron chi connectivity index (χ1n) is 9.82. The van der Waals surface area contributed by atoms with Crippen molar-refractivity contribution in [3.05, 3.63) is 53.2 Å². The predicted octanol–water partition coefficient (Wildman–Crippen LogP) is 1.79. The summed E-state index contributed by atoms with van der Waals surface area (Å²) in [5, 5.41) is 6.78. The van der Waals surface area contributed by atoms with E-state index in [0.717, 1.165) is 50.4 Å². The van der Waals surface area contributed by atoms with E-state index in [1.54, 1.807) is 0 Å².